The van der Waals surface area contributed by atoms with Crippen molar-refractivity contribution in [2.45, 2.75) is 77.2 Å². The molecule has 0 bridgehead atoms. The highest BCUT2D eigenvalue weighted by Gasteiger charge is 2.33. The average Bonchev–Trinajstić information content (AvgIpc) is 2.62. The summed E-state index contributed by atoms with van der Waals surface area (Å²) in [4.78, 5) is 0. The zero-order chi connectivity index (χ0) is 15.5. The first kappa shape index (κ1) is 16.8. The normalized spacial score (nSPS) is 26.8. The SMILES string of the molecule is CCCC1CCCC(O)(Cc2c(Cl)c(CC)nn2C)CC1. The maximum absolute atomic E-state index is 11.0. The maximum atomic E-state index is 11.0. The van der Waals surface area contributed by atoms with Gasteiger partial charge in [0.05, 0.1) is 22.0 Å². The Hall–Kier alpha value is -0.540. The molecule has 1 aliphatic rings. The molecular weight excluding hydrogens is 284 g/mol. The van der Waals surface area contributed by atoms with Crippen molar-refractivity contribution >= 4 is 11.6 Å². The van der Waals surface area contributed by atoms with Gasteiger partial charge in [-0.1, -0.05) is 51.1 Å². The molecule has 2 rings (SSSR count). The third-order valence-corrected chi connectivity index (χ3v) is 5.41. The van der Waals surface area contributed by atoms with Gasteiger partial charge in [-0.15, -0.1) is 0 Å². The Morgan fingerprint density at radius 2 is 2.10 bits per heavy atom. The highest BCUT2D eigenvalue weighted by atomic mass is 35.5. The van der Waals surface area contributed by atoms with Crippen LogP contribution in [0.3, 0.4) is 0 Å². The molecule has 1 saturated carbocycles. The summed E-state index contributed by atoms with van der Waals surface area (Å²) in [7, 11) is 1.93. The zero-order valence-electron chi connectivity index (χ0n) is 13.7. The van der Waals surface area contributed by atoms with Crippen LogP contribution in [-0.4, -0.2) is 20.5 Å². The van der Waals surface area contributed by atoms with E-state index in [9.17, 15) is 5.11 Å². The van der Waals surface area contributed by atoms with Crippen LogP contribution in [0.5, 0.6) is 0 Å². The predicted octanol–water partition coefficient (Wildman–Crippen LogP) is 4.29. The molecule has 1 fully saturated rings. The quantitative estimate of drug-likeness (QED) is 0.824. The van der Waals surface area contributed by atoms with E-state index in [0.29, 0.717) is 6.42 Å². The first-order valence-electron chi connectivity index (χ1n) is 8.41. The minimum Gasteiger partial charge on any atom is -0.389 e. The Morgan fingerprint density at radius 1 is 1.33 bits per heavy atom. The molecular formula is C17H29ClN2O. The summed E-state index contributed by atoms with van der Waals surface area (Å²) in [5, 5.41) is 16.2. The Labute approximate surface area is 133 Å². The molecule has 0 amide bonds. The molecule has 2 unspecified atom stereocenters. The Morgan fingerprint density at radius 3 is 2.71 bits per heavy atom. The largest absolute Gasteiger partial charge is 0.389 e. The van der Waals surface area contributed by atoms with Crippen LogP contribution >= 0.6 is 11.6 Å². The maximum Gasteiger partial charge on any atom is 0.0850 e. The number of hydrogen-bond acceptors (Lipinski definition) is 2. The summed E-state index contributed by atoms with van der Waals surface area (Å²) in [6.45, 7) is 4.31. The van der Waals surface area contributed by atoms with Gasteiger partial charge in [-0.25, -0.2) is 0 Å². The number of aryl methyl sites for hydroxylation is 2. The van der Waals surface area contributed by atoms with Crippen molar-refractivity contribution in [2.75, 3.05) is 0 Å². The summed E-state index contributed by atoms with van der Waals surface area (Å²) in [6.07, 6.45) is 9.31. The second-order valence-electron chi connectivity index (χ2n) is 6.67. The summed E-state index contributed by atoms with van der Waals surface area (Å²) >= 11 is 6.44. The lowest BCUT2D eigenvalue weighted by molar-refractivity contribution is 0.0224. The van der Waals surface area contributed by atoms with E-state index in [0.717, 1.165) is 54.4 Å². The minimum atomic E-state index is -0.606. The van der Waals surface area contributed by atoms with Gasteiger partial charge in [0.15, 0.2) is 0 Å². The first-order chi connectivity index (χ1) is 9.99. The predicted molar refractivity (Wildman–Crippen MR) is 87.7 cm³/mol. The molecule has 0 spiro atoms. The molecule has 1 heterocycles. The van der Waals surface area contributed by atoms with Crippen molar-refractivity contribution in [3.63, 3.8) is 0 Å². The van der Waals surface area contributed by atoms with Gasteiger partial charge in [-0.2, -0.15) is 5.10 Å². The highest BCUT2D eigenvalue weighted by molar-refractivity contribution is 6.31. The van der Waals surface area contributed by atoms with Crippen molar-refractivity contribution in [3.8, 4) is 0 Å². The molecule has 21 heavy (non-hydrogen) atoms. The van der Waals surface area contributed by atoms with Crippen LogP contribution in [0.4, 0.5) is 0 Å². The van der Waals surface area contributed by atoms with Crippen molar-refractivity contribution < 1.29 is 5.11 Å². The van der Waals surface area contributed by atoms with Gasteiger partial charge < -0.3 is 5.11 Å². The molecule has 120 valence electrons. The lowest BCUT2D eigenvalue weighted by Gasteiger charge is -2.27. The molecule has 0 aromatic carbocycles. The second kappa shape index (κ2) is 7.15. The number of halogens is 1. The van der Waals surface area contributed by atoms with E-state index in [1.54, 1.807) is 0 Å². The fraction of sp³-hybridized carbons (Fsp3) is 0.824. The molecule has 1 aliphatic carbocycles. The standard InChI is InChI=1S/C17H29ClN2O/c1-4-7-13-8-6-10-17(21,11-9-13)12-15-16(18)14(5-2)19-20(15)3/h13,21H,4-12H2,1-3H3. The van der Waals surface area contributed by atoms with Gasteiger partial charge in [0, 0.05) is 13.5 Å². The van der Waals surface area contributed by atoms with Gasteiger partial charge in [0.1, 0.15) is 0 Å². The molecule has 1 aromatic heterocycles. The van der Waals surface area contributed by atoms with Crippen LogP contribution in [-0.2, 0) is 19.9 Å². The van der Waals surface area contributed by atoms with E-state index in [-0.39, 0.29) is 0 Å². The molecule has 1 aromatic rings. The third kappa shape index (κ3) is 4.01. The summed E-state index contributed by atoms with van der Waals surface area (Å²) in [5.74, 6) is 0.789. The van der Waals surface area contributed by atoms with Crippen molar-refractivity contribution in [1.29, 1.82) is 0 Å². The van der Waals surface area contributed by atoms with E-state index < -0.39 is 5.60 Å². The second-order valence-corrected chi connectivity index (χ2v) is 7.05. The van der Waals surface area contributed by atoms with E-state index >= 15 is 0 Å². The third-order valence-electron chi connectivity index (χ3n) is 4.97. The van der Waals surface area contributed by atoms with Crippen molar-refractivity contribution in [1.82, 2.24) is 9.78 Å². The monoisotopic (exact) mass is 312 g/mol. The van der Waals surface area contributed by atoms with Gasteiger partial charge in [0.2, 0.25) is 0 Å². The highest BCUT2D eigenvalue weighted by Crippen LogP contribution is 2.36. The number of nitrogens with zero attached hydrogens (tertiary/aromatic N) is 2. The topological polar surface area (TPSA) is 38.1 Å². The Balaban J connectivity index is 2.09. The van der Waals surface area contributed by atoms with Crippen LogP contribution in [0, 0.1) is 5.92 Å². The van der Waals surface area contributed by atoms with Gasteiger partial charge >= 0.3 is 0 Å². The van der Waals surface area contributed by atoms with Crippen LogP contribution < -0.4 is 0 Å². The van der Waals surface area contributed by atoms with Crippen LogP contribution in [0.2, 0.25) is 5.02 Å². The first-order valence-corrected chi connectivity index (χ1v) is 8.79. The molecule has 2 atom stereocenters. The van der Waals surface area contributed by atoms with E-state index in [2.05, 4.69) is 18.9 Å². The average molecular weight is 313 g/mol. The Kier molecular flexibility index (Phi) is 5.73. The van der Waals surface area contributed by atoms with Crippen molar-refractivity contribution in [3.05, 3.63) is 16.4 Å². The fourth-order valence-corrected chi connectivity index (χ4v) is 4.02. The number of aliphatic hydroxyl groups is 1. The van der Waals surface area contributed by atoms with E-state index in [1.165, 1.54) is 19.3 Å². The fourth-order valence-electron chi connectivity index (χ4n) is 3.66. The lowest BCUT2D eigenvalue weighted by atomic mass is 9.88. The van der Waals surface area contributed by atoms with E-state index in [1.807, 2.05) is 11.7 Å². The zero-order valence-corrected chi connectivity index (χ0v) is 14.4. The minimum absolute atomic E-state index is 0.606. The van der Waals surface area contributed by atoms with Crippen LogP contribution in [0.1, 0.15) is 70.2 Å². The van der Waals surface area contributed by atoms with Crippen molar-refractivity contribution in [2.24, 2.45) is 13.0 Å². The lowest BCUT2D eigenvalue weighted by Crippen LogP contribution is -2.31. The number of hydrogen-bond donors (Lipinski definition) is 1. The molecule has 0 aliphatic heterocycles. The van der Waals surface area contributed by atoms with Crippen LogP contribution in [0.25, 0.3) is 0 Å². The van der Waals surface area contributed by atoms with Crippen LogP contribution in [0.15, 0.2) is 0 Å². The van der Waals surface area contributed by atoms with E-state index in [4.69, 9.17) is 11.6 Å². The molecule has 1 N–H and O–H groups in total. The molecule has 3 nitrogen and oxygen atoms in total. The van der Waals surface area contributed by atoms with Gasteiger partial charge in [0.25, 0.3) is 0 Å². The summed E-state index contributed by atoms with van der Waals surface area (Å²) in [6, 6.07) is 0. The number of aromatic nitrogens is 2. The Bertz CT molecular complexity index is 472. The molecule has 4 heteroatoms. The smallest absolute Gasteiger partial charge is 0.0850 e. The molecule has 0 radical (unpaired) electrons. The number of rotatable bonds is 5. The summed E-state index contributed by atoms with van der Waals surface area (Å²) in [5.41, 5.74) is 1.32. The molecule has 0 saturated heterocycles. The summed E-state index contributed by atoms with van der Waals surface area (Å²) < 4.78 is 1.85. The van der Waals surface area contributed by atoms with Gasteiger partial charge in [-0.05, 0) is 31.6 Å². The van der Waals surface area contributed by atoms with Gasteiger partial charge in [-0.3, -0.25) is 4.68 Å².